The summed E-state index contributed by atoms with van der Waals surface area (Å²) in [5, 5.41) is 0. The highest BCUT2D eigenvalue weighted by atomic mass is 16.2. The van der Waals surface area contributed by atoms with Gasteiger partial charge in [0.15, 0.2) is 0 Å². The van der Waals surface area contributed by atoms with Gasteiger partial charge in [0.2, 0.25) is 11.3 Å². The second kappa shape index (κ2) is 5.71. The van der Waals surface area contributed by atoms with E-state index >= 15 is 0 Å². The molecule has 5 nitrogen and oxygen atoms in total. The van der Waals surface area contributed by atoms with Gasteiger partial charge in [-0.3, -0.25) is 9.59 Å². The number of nitrogens with zero attached hydrogens (tertiary/aromatic N) is 2. The molecule has 18 heavy (non-hydrogen) atoms. The lowest BCUT2D eigenvalue weighted by molar-refractivity contribution is -0.131. The number of hydrogen-bond acceptors (Lipinski definition) is 3. The van der Waals surface area contributed by atoms with Crippen molar-refractivity contribution in [3.05, 3.63) is 28.7 Å². The first kappa shape index (κ1) is 12.7. The normalized spacial score (nSPS) is 16.3. The van der Waals surface area contributed by atoms with Crippen molar-refractivity contribution in [2.45, 2.75) is 32.2 Å². The molecule has 2 N–H and O–H groups in total. The van der Waals surface area contributed by atoms with Crippen molar-refractivity contribution in [1.29, 1.82) is 0 Å². The molecule has 0 saturated carbocycles. The van der Waals surface area contributed by atoms with Crippen LogP contribution < -0.4 is 11.2 Å². The number of nitrogens with two attached hydrogens (primary N) is 1. The predicted octanol–water partition coefficient (Wildman–Crippen LogP) is 0.833. The van der Waals surface area contributed by atoms with Gasteiger partial charge < -0.3 is 15.2 Å². The Hall–Kier alpha value is -1.78. The average Bonchev–Trinajstić information content (AvgIpc) is 2.62. The molecule has 98 valence electrons. The lowest BCUT2D eigenvalue weighted by atomic mass is 10.2. The largest absolute Gasteiger partial charge is 0.394 e. The summed E-state index contributed by atoms with van der Waals surface area (Å²) in [4.78, 5) is 25.2. The molecule has 0 aliphatic carbocycles. The predicted molar refractivity (Wildman–Crippen MR) is 70.2 cm³/mol. The first-order valence-corrected chi connectivity index (χ1v) is 6.40. The Morgan fingerprint density at radius 1 is 1.22 bits per heavy atom. The number of aromatic nitrogens is 1. The van der Waals surface area contributed by atoms with E-state index in [-0.39, 0.29) is 23.6 Å². The fraction of sp³-hybridized carbons (Fsp3) is 0.538. The van der Waals surface area contributed by atoms with E-state index in [0.717, 1.165) is 25.9 Å². The lowest BCUT2D eigenvalue weighted by Gasteiger charge is -2.21. The van der Waals surface area contributed by atoms with Crippen molar-refractivity contribution in [2.24, 2.45) is 0 Å². The molecule has 1 aromatic heterocycles. The highest BCUT2D eigenvalue weighted by molar-refractivity contribution is 5.76. The van der Waals surface area contributed by atoms with Gasteiger partial charge in [0.25, 0.3) is 0 Å². The number of likely N-dealkylation sites (tertiary alicyclic amines) is 1. The van der Waals surface area contributed by atoms with Crippen molar-refractivity contribution in [3.63, 3.8) is 0 Å². The van der Waals surface area contributed by atoms with Crippen LogP contribution in [0.1, 0.15) is 25.7 Å². The van der Waals surface area contributed by atoms with E-state index < -0.39 is 0 Å². The van der Waals surface area contributed by atoms with Crippen LogP contribution in [0.5, 0.6) is 0 Å². The number of carbonyl (C=O) groups excluding carboxylic acids is 1. The maximum atomic E-state index is 12.1. The maximum Gasteiger partial charge on any atom is 0.242 e. The van der Waals surface area contributed by atoms with E-state index in [9.17, 15) is 9.59 Å². The summed E-state index contributed by atoms with van der Waals surface area (Å²) in [5.74, 6) is 0.0972. The SMILES string of the molecule is Nc1cn(CC(=O)N2CCCCCC2)ccc1=O. The Balaban J connectivity index is 2.01. The number of hydrogen-bond donors (Lipinski definition) is 1. The van der Waals surface area contributed by atoms with E-state index in [2.05, 4.69) is 0 Å². The molecule has 0 radical (unpaired) electrons. The molecular formula is C13H19N3O2. The van der Waals surface area contributed by atoms with Gasteiger partial charge in [-0.05, 0) is 12.8 Å². The molecular weight excluding hydrogens is 230 g/mol. The summed E-state index contributed by atoms with van der Waals surface area (Å²) >= 11 is 0. The fourth-order valence-corrected chi connectivity index (χ4v) is 2.22. The molecule has 0 spiro atoms. The minimum atomic E-state index is -0.200. The highest BCUT2D eigenvalue weighted by Crippen LogP contribution is 2.10. The van der Waals surface area contributed by atoms with Crippen LogP contribution in [0, 0.1) is 0 Å². The second-order valence-corrected chi connectivity index (χ2v) is 4.73. The third-order valence-electron chi connectivity index (χ3n) is 3.28. The maximum absolute atomic E-state index is 12.1. The van der Waals surface area contributed by atoms with Crippen LogP contribution in [0.15, 0.2) is 23.3 Å². The summed E-state index contributed by atoms with van der Waals surface area (Å²) in [6, 6.07) is 1.39. The first-order valence-electron chi connectivity index (χ1n) is 6.40. The number of anilines is 1. The van der Waals surface area contributed by atoms with Gasteiger partial charge >= 0.3 is 0 Å². The number of pyridine rings is 1. The third-order valence-corrected chi connectivity index (χ3v) is 3.28. The lowest BCUT2D eigenvalue weighted by Crippen LogP contribution is -2.34. The fourth-order valence-electron chi connectivity index (χ4n) is 2.22. The van der Waals surface area contributed by atoms with Gasteiger partial charge in [-0.1, -0.05) is 12.8 Å². The van der Waals surface area contributed by atoms with Crippen molar-refractivity contribution < 1.29 is 4.79 Å². The van der Waals surface area contributed by atoms with Crippen molar-refractivity contribution in [3.8, 4) is 0 Å². The Morgan fingerprint density at radius 2 is 1.89 bits per heavy atom. The van der Waals surface area contributed by atoms with Gasteiger partial charge in [-0.2, -0.15) is 0 Å². The van der Waals surface area contributed by atoms with Crippen LogP contribution in [0.4, 0.5) is 5.69 Å². The highest BCUT2D eigenvalue weighted by Gasteiger charge is 2.15. The molecule has 2 heterocycles. The van der Waals surface area contributed by atoms with E-state index in [0.29, 0.717) is 0 Å². The van der Waals surface area contributed by atoms with Crippen LogP contribution in [-0.4, -0.2) is 28.5 Å². The summed E-state index contributed by atoms with van der Waals surface area (Å²) in [6.45, 7) is 1.94. The molecule has 0 unspecified atom stereocenters. The summed E-state index contributed by atoms with van der Waals surface area (Å²) < 4.78 is 1.67. The molecule has 0 aromatic carbocycles. The minimum Gasteiger partial charge on any atom is -0.394 e. The topological polar surface area (TPSA) is 68.3 Å². The zero-order chi connectivity index (χ0) is 13.0. The summed E-state index contributed by atoms with van der Waals surface area (Å²) in [5.41, 5.74) is 5.52. The molecule has 0 bridgehead atoms. The average molecular weight is 249 g/mol. The number of rotatable bonds is 2. The molecule has 1 aliphatic rings. The molecule has 1 saturated heterocycles. The van der Waals surface area contributed by atoms with Gasteiger partial charge in [-0.25, -0.2) is 0 Å². The van der Waals surface area contributed by atoms with Gasteiger partial charge in [0, 0.05) is 31.5 Å². The van der Waals surface area contributed by atoms with Gasteiger partial charge in [0.1, 0.15) is 6.54 Å². The van der Waals surface area contributed by atoms with Crippen molar-refractivity contribution in [2.75, 3.05) is 18.8 Å². The zero-order valence-electron chi connectivity index (χ0n) is 10.5. The van der Waals surface area contributed by atoms with E-state index in [1.54, 1.807) is 10.8 Å². The minimum absolute atomic E-state index is 0.0972. The number of amides is 1. The Kier molecular flexibility index (Phi) is 4.02. The summed E-state index contributed by atoms with van der Waals surface area (Å²) in [6.07, 6.45) is 7.70. The number of carbonyl (C=O) groups is 1. The van der Waals surface area contributed by atoms with Crippen LogP contribution in [-0.2, 0) is 11.3 Å². The molecule has 1 amide bonds. The third kappa shape index (κ3) is 3.12. The van der Waals surface area contributed by atoms with E-state index in [4.69, 9.17) is 5.73 Å². The Labute approximate surface area is 106 Å². The molecule has 2 rings (SSSR count). The zero-order valence-corrected chi connectivity index (χ0v) is 10.5. The van der Waals surface area contributed by atoms with Crippen molar-refractivity contribution >= 4 is 11.6 Å². The molecule has 1 fully saturated rings. The molecule has 1 aliphatic heterocycles. The Bertz CT molecular complexity index is 473. The quantitative estimate of drug-likeness (QED) is 0.844. The van der Waals surface area contributed by atoms with Gasteiger partial charge in [-0.15, -0.1) is 0 Å². The first-order chi connectivity index (χ1) is 8.66. The van der Waals surface area contributed by atoms with E-state index in [1.165, 1.54) is 25.1 Å². The van der Waals surface area contributed by atoms with Crippen LogP contribution in [0.3, 0.4) is 0 Å². The smallest absolute Gasteiger partial charge is 0.242 e. The van der Waals surface area contributed by atoms with Gasteiger partial charge in [0.05, 0.1) is 5.69 Å². The standard InChI is InChI=1S/C13H19N3O2/c14-11-9-15(8-5-12(11)17)10-13(18)16-6-3-1-2-4-7-16/h5,8-9H,1-4,6-7,10,14H2. The molecule has 5 heteroatoms. The van der Waals surface area contributed by atoms with Crippen LogP contribution in [0.25, 0.3) is 0 Å². The van der Waals surface area contributed by atoms with Crippen LogP contribution in [0.2, 0.25) is 0 Å². The molecule has 1 aromatic rings. The van der Waals surface area contributed by atoms with E-state index in [1.807, 2.05) is 4.90 Å². The Morgan fingerprint density at radius 3 is 2.50 bits per heavy atom. The second-order valence-electron chi connectivity index (χ2n) is 4.73. The monoisotopic (exact) mass is 249 g/mol. The molecule has 0 atom stereocenters. The van der Waals surface area contributed by atoms with Crippen molar-refractivity contribution in [1.82, 2.24) is 9.47 Å². The summed E-state index contributed by atoms with van der Waals surface area (Å²) in [7, 11) is 0. The number of nitrogen functional groups attached to an aromatic ring is 1. The van der Waals surface area contributed by atoms with Crippen LogP contribution >= 0.6 is 0 Å².